The van der Waals surface area contributed by atoms with Crippen molar-refractivity contribution in [2.24, 2.45) is 0 Å². The van der Waals surface area contributed by atoms with Crippen molar-refractivity contribution in [3.63, 3.8) is 0 Å². The predicted molar refractivity (Wildman–Crippen MR) is 78.6 cm³/mol. The number of hydrogen-bond donors (Lipinski definition) is 0. The Balaban J connectivity index is 2.04. The number of rotatable bonds is 6. The van der Waals surface area contributed by atoms with Gasteiger partial charge < -0.3 is 9.47 Å². The van der Waals surface area contributed by atoms with E-state index in [9.17, 15) is 4.79 Å². The van der Waals surface area contributed by atoms with Crippen LogP contribution in [-0.4, -0.2) is 20.0 Å². The number of ketones is 1. The summed E-state index contributed by atoms with van der Waals surface area (Å²) in [5.74, 6) is 1.53. The number of Topliss-reactive ketones (excluding diaryl/α,β-unsaturated/α-hetero) is 1. The van der Waals surface area contributed by atoms with Gasteiger partial charge in [0.2, 0.25) is 0 Å². The molecular weight excluding hydrogens is 252 g/mol. The summed E-state index contributed by atoms with van der Waals surface area (Å²) in [5, 5.41) is 0. The van der Waals surface area contributed by atoms with Gasteiger partial charge >= 0.3 is 0 Å². The van der Waals surface area contributed by atoms with Crippen molar-refractivity contribution >= 4 is 5.78 Å². The van der Waals surface area contributed by atoms with Crippen molar-refractivity contribution in [3.05, 3.63) is 59.7 Å². The van der Waals surface area contributed by atoms with Crippen LogP contribution in [0.4, 0.5) is 0 Å². The second kappa shape index (κ2) is 6.75. The number of benzene rings is 2. The maximum absolute atomic E-state index is 12.2. The standard InChI is InChI=1S/C17H18O3/c1-19-14-7-5-6-13(12-14)10-11-16(18)15-8-3-4-9-17(15)20-2/h3-9,12H,10-11H2,1-2H3. The molecule has 3 nitrogen and oxygen atoms in total. The molecule has 2 aromatic rings. The van der Waals surface area contributed by atoms with Gasteiger partial charge in [-0.25, -0.2) is 0 Å². The monoisotopic (exact) mass is 270 g/mol. The molecule has 0 aliphatic heterocycles. The van der Waals surface area contributed by atoms with Crippen LogP contribution < -0.4 is 9.47 Å². The molecule has 0 fully saturated rings. The third-order valence-electron chi connectivity index (χ3n) is 3.18. The maximum Gasteiger partial charge on any atom is 0.166 e. The van der Waals surface area contributed by atoms with Crippen LogP contribution in [0.25, 0.3) is 0 Å². The third kappa shape index (κ3) is 3.38. The lowest BCUT2D eigenvalue weighted by molar-refractivity contribution is 0.0980. The summed E-state index contributed by atoms with van der Waals surface area (Å²) in [5.41, 5.74) is 1.73. The highest BCUT2D eigenvalue weighted by atomic mass is 16.5. The molecule has 0 radical (unpaired) electrons. The van der Waals surface area contributed by atoms with Gasteiger partial charge in [-0.2, -0.15) is 0 Å². The Labute approximate surface area is 119 Å². The van der Waals surface area contributed by atoms with Crippen LogP contribution in [0.15, 0.2) is 48.5 Å². The van der Waals surface area contributed by atoms with Crippen molar-refractivity contribution in [1.82, 2.24) is 0 Å². The second-order valence-corrected chi connectivity index (χ2v) is 4.47. The summed E-state index contributed by atoms with van der Waals surface area (Å²) in [7, 11) is 3.22. The lowest BCUT2D eigenvalue weighted by atomic mass is 10.0. The molecule has 0 unspecified atom stereocenters. The quantitative estimate of drug-likeness (QED) is 0.753. The van der Waals surface area contributed by atoms with Gasteiger partial charge in [0.1, 0.15) is 11.5 Å². The molecular formula is C17H18O3. The minimum absolute atomic E-state index is 0.0882. The fraction of sp³-hybridized carbons (Fsp3) is 0.235. The van der Waals surface area contributed by atoms with Gasteiger partial charge in [-0.15, -0.1) is 0 Å². The van der Waals surface area contributed by atoms with Crippen LogP contribution in [0.2, 0.25) is 0 Å². The van der Waals surface area contributed by atoms with E-state index in [1.165, 1.54) is 0 Å². The SMILES string of the molecule is COc1cccc(CCC(=O)c2ccccc2OC)c1. The average molecular weight is 270 g/mol. The van der Waals surface area contributed by atoms with Gasteiger partial charge in [0.15, 0.2) is 5.78 Å². The van der Waals surface area contributed by atoms with Crippen molar-refractivity contribution < 1.29 is 14.3 Å². The van der Waals surface area contributed by atoms with Crippen molar-refractivity contribution in [2.75, 3.05) is 14.2 Å². The van der Waals surface area contributed by atoms with E-state index >= 15 is 0 Å². The van der Waals surface area contributed by atoms with Crippen molar-refractivity contribution in [2.45, 2.75) is 12.8 Å². The summed E-state index contributed by atoms with van der Waals surface area (Å²) in [6.45, 7) is 0. The molecule has 0 saturated heterocycles. The minimum Gasteiger partial charge on any atom is -0.497 e. The van der Waals surface area contributed by atoms with Gasteiger partial charge in [0.25, 0.3) is 0 Å². The van der Waals surface area contributed by atoms with Crippen molar-refractivity contribution in [1.29, 1.82) is 0 Å². The molecule has 0 spiro atoms. The zero-order valence-electron chi connectivity index (χ0n) is 11.8. The van der Waals surface area contributed by atoms with Gasteiger partial charge in [-0.05, 0) is 36.2 Å². The fourth-order valence-corrected chi connectivity index (χ4v) is 2.10. The molecule has 0 aromatic heterocycles. The molecule has 0 heterocycles. The summed E-state index contributed by atoms with van der Waals surface area (Å²) >= 11 is 0. The van der Waals surface area contributed by atoms with Crippen LogP contribution in [-0.2, 0) is 6.42 Å². The molecule has 104 valence electrons. The summed E-state index contributed by atoms with van der Waals surface area (Å²) in [4.78, 5) is 12.2. The molecule has 0 saturated carbocycles. The van der Waals surface area contributed by atoms with Gasteiger partial charge in [0.05, 0.1) is 19.8 Å². The number of methoxy groups -OCH3 is 2. The van der Waals surface area contributed by atoms with Crippen LogP contribution >= 0.6 is 0 Å². The molecule has 20 heavy (non-hydrogen) atoms. The van der Waals surface area contributed by atoms with E-state index in [-0.39, 0.29) is 5.78 Å². The number of para-hydroxylation sites is 1. The number of ether oxygens (including phenoxy) is 2. The highest BCUT2D eigenvalue weighted by Crippen LogP contribution is 2.20. The Kier molecular flexibility index (Phi) is 4.77. The first-order valence-electron chi connectivity index (χ1n) is 6.53. The van der Waals surface area contributed by atoms with Crippen LogP contribution in [0.3, 0.4) is 0 Å². The minimum atomic E-state index is 0.0882. The maximum atomic E-state index is 12.2. The van der Waals surface area contributed by atoms with E-state index in [1.807, 2.05) is 36.4 Å². The van der Waals surface area contributed by atoms with Crippen molar-refractivity contribution in [3.8, 4) is 11.5 Å². The van der Waals surface area contributed by atoms with E-state index < -0.39 is 0 Å². The molecule has 0 bridgehead atoms. The first-order valence-corrected chi connectivity index (χ1v) is 6.53. The Morgan fingerprint density at radius 1 is 1.00 bits per heavy atom. The molecule has 0 N–H and O–H groups in total. The fourth-order valence-electron chi connectivity index (χ4n) is 2.10. The number of hydrogen-bond acceptors (Lipinski definition) is 3. The molecule has 0 amide bonds. The van der Waals surface area contributed by atoms with E-state index in [4.69, 9.17) is 9.47 Å². The summed E-state index contributed by atoms with van der Waals surface area (Å²) < 4.78 is 10.4. The first-order chi connectivity index (χ1) is 9.74. The van der Waals surface area contributed by atoms with Crippen LogP contribution in [0.5, 0.6) is 11.5 Å². The lowest BCUT2D eigenvalue weighted by Crippen LogP contribution is -2.03. The second-order valence-electron chi connectivity index (χ2n) is 4.47. The Morgan fingerprint density at radius 3 is 2.55 bits per heavy atom. The number of carbonyl (C=O) groups excluding carboxylic acids is 1. The number of carbonyl (C=O) groups is 1. The van der Waals surface area contributed by atoms with E-state index in [0.29, 0.717) is 24.2 Å². The van der Waals surface area contributed by atoms with E-state index in [1.54, 1.807) is 26.4 Å². The highest BCUT2D eigenvalue weighted by molar-refractivity contribution is 5.98. The molecule has 0 aliphatic carbocycles. The molecule has 2 aromatic carbocycles. The highest BCUT2D eigenvalue weighted by Gasteiger charge is 2.11. The largest absolute Gasteiger partial charge is 0.497 e. The van der Waals surface area contributed by atoms with E-state index in [0.717, 1.165) is 11.3 Å². The van der Waals surface area contributed by atoms with Crippen LogP contribution in [0, 0.1) is 0 Å². The van der Waals surface area contributed by atoms with Gasteiger partial charge in [-0.3, -0.25) is 4.79 Å². The van der Waals surface area contributed by atoms with Gasteiger partial charge in [0, 0.05) is 6.42 Å². The molecule has 0 atom stereocenters. The molecule has 0 aliphatic rings. The topological polar surface area (TPSA) is 35.5 Å². The predicted octanol–water partition coefficient (Wildman–Crippen LogP) is 3.52. The Morgan fingerprint density at radius 2 is 1.80 bits per heavy atom. The Hall–Kier alpha value is -2.29. The summed E-state index contributed by atoms with van der Waals surface area (Å²) in [6.07, 6.45) is 1.14. The summed E-state index contributed by atoms with van der Waals surface area (Å²) in [6, 6.07) is 15.1. The smallest absolute Gasteiger partial charge is 0.166 e. The first kappa shape index (κ1) is 14.1. The normalized spacial score (nSPS) is 10.1. The van der Waals surface area contributed by atoms with Gasteiger partial charge in [-0.1, -0.05) is 24.3 Å². The van der Waals surface area contributed by atoms with Crippen LogP contribution in [0.1, 0.15) is 22.3 Å². The van der Waals surface area contributed by atoms with E-state index in [2.05, 4.69) is 0 Å². The average Bonchev–Trinajstić information content (AvgIpc) is 2.52. The zero-order valence-corrected chi connectivity index (χ0v) is 11.8. The third-order valence-corrected chi connectivity index (χ3v) is 3.18. The number of aryl methyl sites for hydroxylation is 1. The zero-order chi connectivity index (χ0) is 14.4. The molecule has 3 heteroatoms. The molecule has 2 rings (SSSR count). The Bertz CT molecular complexity index is 590. The lowest BCUT2D eigenvalue weighted by Gasteiger charge is -2.07.